The highest BCUT2D eigenvalue weighted by Crippen LogP contribution is 2.34. The average Bonchev–Trinajstić information content (AvgIpc) is 2.85. The van der Waals surface area contributed by atoms with Gasteiger partial charge in [0.1, 0.15) is 0 Å². The number of anilines is 1. The van der Waals surface area contributed by atoms with E-state index in [0.717, 1.165) is 30.4 Å². The third kappa shape index (κ3) is 3.39. The summed E-state index contributed by atoms with van der Waals surface area (Å²) < 4.78 is 18.8. The largest absolute Gasteiger partial charge is 0.463 e. The van der Waals surface area contributed by atoms with Crippen LogP contribution in [0, 0.1) is 0 Å². The van der Waals surface area contributed by atoms with E-state index in [1.165, 1.54) is 6.42 Å². The van der Waals surface area contributed by atoms with Crippen LogP contribution in [0.1, 0.15) is 40.0 Å². The molecule has 1 aliphatic heterocycles. The molecule has 2 atom stereocenters. The van der Waals surface area contributed by atoms with Crippen LogP contribution in [-0.2, 0) is 9.53 Å². The second-order valence-electron chi connectivity index (χ2n) is 5.02. The van der Waals surface area contributed by atoms with E-state index in [9.17, 15) is 4.79 Å². The number of hydrogen-bond donors (Lipinski definition) is 0. The average molecular weight is 299 g/mol. The SMILES string of the molecule is CCOC(=O)COc1nsnc1N1C(C)CCCC1C. The van der Waals surface area contributed by atoms with Crippen molar-refractivity contribution in [2.75, 3.05) is 18.1 Å². The molecule has 1 fully saturated rings. The minimum absolute atomic E-state index is 0.122. The Labute approximate surface area is 123 Å². The fourth-order valence-electron chi connectivity index (χ4n) is 2.59. The molecule has 2 heterocycles. The molecular weight excluding hydrogens is 278 g/mol. The molecule has 0 bridgehead atoms. The summed E-state index contributed by atoms with van der Waals surface area (Å²) in [6, 6.07) is 0.820. The predicted molar refractivity (Wildman–Crippen MR) is 77.3 cm³/mol. The minimum atomic E-state index is -0.383. The van der Waals surface area contributed by atoms with Crippen LogP contribution in [0.3, 0.4) is 0 Å². The highest BCUT2D eigenvalue weighted by atomic mass is 32.1. The maximum absolute atomic E-state index is 11.3. The first kappa shape index (κ1) is 15.0. The second kappa shape index (κ2) is 6.88. The van der Waals surface area contributed by atoms with Gasteiger partial charge < -0.3 is 14.4 Å². The first-order valence-electron chi connectivity index (χ1n) is 7.02. The van der Waals surface area contributed by atoms with Gasteiger partial charge in [0, 0.05) is 12.1 Å². The lowest BCUT2D eigenvalue weighted by Crippen LogP contribution is -2.44. The number of carbonyl (C=O) groups excluding carboxylic acids is 1. The first-order chi connectivity index (χ1) is 9.63. The van der Waals surface area contributed by atoms with Crippen LogP contribution in [0.5, 0.6) is 5.88 Å². The highest BCUT2D eigenvalue weighted by molar-refractivity contribution is 6.99. The molecule has 0 aromatic carbocycles. The maximum atomic E-state index is 11.3. The van der Waals surface area contributed by atoms with Crippen molar-refractivity contribution in [2.24, 2.45) is 0 Å². The summed E-state index contributed by atoms with van der Waals surface area (Å²) in [5.74, 6) is 0.800. The van der Waals surface area contributed by atoms with Gasteiger partial charge in [0.2, 0.25) is 5.82 Å². The molecular formula is C13H21N3O3S. The Bertz CT molecular complexity index is 442. The van der Waals surface area contributed by atoms with E-state index in [1.54, 1.807) is 6.92 Å². The number of ether oxygens (including phenoxy) is 2. The number of hydrogen-bond acceptors (Lipinski definition) is 7. The van der Waals surface area contributed by atoms with Gasteiger partial charge in [-0.3, -0.25) is 0 Å². The Morgan fingerprint density at radius 1 is 1.35 bits per heavy atom. The smallest absolute Gasteiger partial charge is 0.344 e. The number of aromatic nitrogens is 2. The van der Waals surface area contributed by atoms with Gasteiger partial charge in [-0.1, -0.05) is 0 Å². The molecule has 1 saturated heterocycles. The summed E-state index contributed by atoms with van der Waals surface area (Å²) in [6.45, 7) is 6.37. The molecule has 2 rings (SSSR count). The van der Waals surface area contributed by atoms with Crippen molar-refractivity contribution in [2.45, 2.75) is 52.1 Å². The lowest BCUT2D eigenvalue weighted by atomic mass is 9.98. The molecule has 0 amide bonds. The number of carbonyl (C=O) groups is 1. The van der Waals surface area contributed by atoms with Gasteiger partial charge in [0.15, 0.2) is 6.61 Å². The lowest BCUT2D eigenvalue weighted by molar-refractivity contribution is -0.145. The van der Waals surface area contributed by atoms with Crippen LogP contribution in [0.2, 0.25) is 0 Å². The molecule has 6 nitrogen and oxygen atoms in total. The zero-order chi connectivity index (χ0) is 14.5. The van der Waals surface area contributed by atoms with Gasteiger partial charge in [-0.05, 0) is 40.0 Å². The second-order valence-corrected chi connectivity index (χ2v) is 5.55. The zero-order valence-corrected chi connectivity index (χ0v) is 13.0. The van der Waals surface area contributed by atoms with Gasteiger partial charge in [-0.25, -0.2) is 4.79 Å². The number of nitrogens with zero attached hydrogens (tertiary/aromatic N) is 3. The van der Waals surface area contributed by atoms with E-state index in [4.69, 9.17) is 9.47 Å². The molecule has 0 aliphatic carbocycles. The fraction of sp³-hybridized carbons (Fsp3) is 0.769. The summed E-state index contributed by atoms with van der Waals surface area (Å²) in [4.78, 5) is 13.6. The Morgan fingerprint density at radius 3 is 2.70 bits per heavy atom. The fourth-order valence-corrected chi connectivity index (χ4v) is 3.09. The molecule has 0 radical (unpaired) electrons. The lowest BCUT2D eigenvalue weighted by Gasteiger charge is -2.39. The first-order valence-corrected chi connectivity index (χ1v) is 7.75. The third-order valence-corrected chi connectivity index (χ3v) is 4.01. The van der Waals surface area contributed by atoms with Crippen LogP contribution in [0.15, 0.2) is 0 Å². The monoisotopic (exact) mass is 299 g/mol. The molecule has 0 saturated carbocycles. The van der Waals surface area contributed by atoms with E-state index in [-0.39, 0.29) is 12.6 Å². The van der Waals surface area contributed by atoms with Crippen molar-refractivity contribution in [1.29, 1.82) is 0 Å². The van der Waals surface area contributed by atoms with Gasteiger partial charge in [0.25, 0.3) is 5.88 Å². The van der Waals surface area contributed by atoms with Crippen molar-refractivity contribution in [1.82, 2.24) is 8.75 Å². The van der Waals surface area contributed by atoms with E-state index >= 15 is 0 Å². The summed E-state index contributed by atoms with van der Waals surface area (Å²) in [6.07, 6.45) is 3.51. The standard InChI is InChI=1S/C13H21N3O3S/c1-4-18-11(17)8-19-13-12(14-20-15-13)16-9(2)6-5-7-10(16)3/h9-10H,4-8H2,1-3H3. The summed E-state index contributed by atoms with van der Waals surface area (Å²) in [5, 5.41) is 0. The van der Waals surface area contributed by atoms with Gasteiger partial charge in [-0.15, -0.1) is 4.37 Å². The third-order valence-electron chi connectivity index (χ3n) is 3.51. The number of piperidine rings is 1. The molecule has 0 N–H and O–H groups in total. The topological polar surface area (TPSA) is 64.5 Å². The minimum Gasteiger partial charge on any atom is -0.463 e. The molecule has 1 aliphatic rings. The van der Waals surface area contributed by atoms with Crippen LogP contribution in [0.25, 0.3) is 0 Å². The van der Waals surface area contributed by atoms with Crippen molar-refractivity contribution in [3.8, 4) is 5.88 Å². The van der Waals surface area contributed by atoms with E-state index in [1.807, 2.05) is 0 Å². The number of rotatable bonds is 5. The van der Waals surface area contributed by atoms with Crippen LogP contribution < -0.4 is 9.64 Å². The van der Waals surface area contributed by atoms with Crippen molar-refractivity contribution in [3.05, 3.63) is 0 Å². The Morgan fingerprint density at radius 2 is 2.05 bits per heavy atom. The van der Waals surface area contributed by atoms with Crippen molar-refractivity contribution < 1.29 is 14.3 Å². The summed E-state index contributed by atoms with van der Waals surface area (Å²) in [7, 11) is 0. The van der Waals surface area contributed by atoms with Gasteiger partial charge in [0.05, 0.1) is 18.3 Å². The maximum Gasteiger partial charge on any atom is 0.344 e. The van der Waals surface area contributed by atoms with Crippen LogP contribution >= 0.6 is 11.7 Å². The quantitative estimate of drug-likeness (QED) is 0.777. The molecule has 1 aromatic rings. The molecule has 20 heavy (non-hydrogen) atoms. The van der Waals surface area contributed by atoms with Crippen LogP contribution in [-0.4, -0.2) is 40.0 Å². The van der Waals surface area contributed by atoms with E-state index in [0.29, 0.717) is 24.6 Å². The van der Waals surface area contributed by atoms with Gasteiger partial charge in [-0.2, -0.15) is 4.37 Å². The van der Waals surface area contributed by atoms with Gasteiger partial charge >= 0.3 is 5.97 Å². The molecule has 1 aromatic heterocycles. The van der Waals surface area contributed by atoms with Crippen molar-refractivity contribution >= 4 is 23.5 Å². The number of esters is 1. The Balaban J connectivity index is 2.05. The molecule has 7 heteroatoms. The normalized spacial score (nSPS) is 22.6. The Kier molecular flexibility index (Phi) is 5.17. The molecule has 112 valence electrons. The predicted octanol–water partition coefficient (Wildman–Crippen LogP) is 2.25. The molecule has 0 spiro atoms. The van der Waals surface area contributed by atoms with E-state index in [2.05, 4.69) is 27.5 Å². The Hall–Kier alpha value is -1.37. The van der Waals surface area contributed by atoms with Crippen LogP contribution in [0.4, 0.5) is 5.82 Å². The summed E-state index contributed by atoms with van der Waals surface area (Å²) >= 11 is 1.11. The van der Waals surface area contributed by atoms with Crippen molar-refractivity contribution in [3.63, 3.8) is 0 Å². The zero-order valence-electron chi connectivity index (χ0n) is 12.2. The highest BCUT2D eigenvalue weighted by Gasteiger charge is 2.30. The van der Waals surface area contributed by atoms with E-state index < -0.39 is 0 Å². The molecule has 2 unspecified atom stereocenters. The summed E-state index contributed by atoms with van der Waals surface area (Å²) in [5.41, 5.74) is 0.